The van der Waals surface area contributed by atoms with Crippen molar-refractivity contribution < 1.29 is 9.59 Å². The summed E-state index contributed by atoms with van der Waals surface area (Å²) in [5.74, 6) is -0.232. The number of aryl methyl sites for hydroxylation is 1. The number of amides is 2. The van der Waals surface area contributed by atoms with Crippen molar-refractivity contribution in [1.82, 2.24) is 5.32 Å². The van der Waals surface area contributed by atoms with Crippen molar-refractivity contribution >= 4 is 23.2 Å². The summed E-state index contributed by atoms with van der Waals surface area (Å²) < 4.78 is 0. The Kier molecular flexibility index (Phi) is 6.03. The summed E-state index contributed by atoms with van der Waals surface area (Å²) in [6.45, 7) is 9.97. The number of benzene rings is 2. The predicted molar refractivity (Wildman–Crippen MR) is 107 cm³/mol. The number of carbonyl (C=O) groups is 2. The molecule has 2 amide bonds. The molecular formula is C21H27N3O2. The van der Waals surface area contributed by atoms with Crippen LogP contribution in [0.1, 0.15) is 42.3 Å². The molecule has 0 aliphatic carbocycles. The molecule has 26 heavy (non-hydrogen) atoms. The molecule has 0 unspecified atom stereocenters. The van der Waals surface area contributed by atoms with Gasteiger partial charge in [-0.1, -0.05) is 12.1 Å². The monoisotopic (exact) mass is 353 g/mol. The minimum Gasteiger partial charge on any atom is -0.376 e. The molecule has 0 aromatic heterocycles. The summed E-state index contributed by atoms with van der Waals surface area (Å²) in [6, 6.07) is 12.9. The van der Waals surface area contributed by atoms with Crippen molar-refractivity contribution in [3.05, 3.63) is 59.2 Å². The van der Waals surface area contributed by atoms with Gasteiger partial charge in [-0.25, -0.2) is 0 Å². The summed E-state index contributed by atoms with van der Waals surface area (Å²) in [7, 11) is 0. The molecule has 0 aliphatic rings. The minimum atomic E-state index is -0.278. The molecule has 0 radical (unpaired) electrons. The van der Waals surface area contributed by atoms with E-state index >= 15 is 0 Å². The topological polar surface area (TPSA) is 70.2 Å². The van der Waals surface area contributed by atoms with Gasteiger partial charge in [0.05, 0.1) is 6.54 Å². The first-order chi connectivity index (χ1) is 12.2. The van der Waals surface area contributed by atoms with Crippen LogP contribution < -0.4 is 16.0 Å². The van der Waals surface area contributed by atoms with E-state index in [2.05, 4.69) is 16.0 Å². The van der Waals surface area contributed by atoms with E-state index in [0.717, 1.165) is 22.5 Å². The maximum Gasteiger partial charge on any atom is 0.251 e. The Morgan fingerprint density at radius 1 is 0.962 bits per heavy atom. The molecule has 5 nitrogen and oxygen atoms in total. The lowest BCUT2D eigenvalue weighted by Gasteiger charge is -2.20. The van der Waals surface area contributed by atoms with Crippen LogP contribution in [-0.2, 0) is 4.79 Å². The quantitative estimate of drug-likeness (QED) is 0.764. The van der Waals surface area contributed by atoms with Gasteiger partial charge in [0, 0.05) is 22.5 Å². The van der Waals surface area contributed by atoms with Crippen molar-refractivity contribution in [3.8, 4) is 0 Å². The summed E-state index contributed by atoms with van der Waals surface area (Å²) >= 11 is 0. The van der Waals surface area contributed by atoms with E-state index in [-0.39, 0.29) is 23.9 Å². The molecule has 2 rings (SSSR count). The second kappa shape index (κ2) is 8.04. The van der Waals surface area contributed by atoms with E-state index in [9.17, 15) is 9.59 Å². The highest BCUT2D eigenvalue weighted by Gasteiger charge is 2.15. The largest absolute Gasteiger partial charge is 0.376 e. The van der Waals surface area contributed by atoms with Crippen molar-refractivity contribution in [1.29, 1.82) is 0 Å². The van der Waals surface area contributed by atoms with Crippen LogP contribution in [0.15, 0.2) is 42.5 Å². The summed E-state index contributed by atoms with van der Waals surface area (Å²) in [6.07, 6.45) is 0. The van der Waals surface area contributed by atoms with Gasteiger partial charge in [-0.15, -0.1) is 0 Å². The number of carbonyl (C=O) groups excluding carboxylic acids is 2. The van der Waals surface area contributed by atoms with Crippen molar-refractivity contribution in [3.63, 3.8) is 0 Å². The number of nitrogens with one attached hydrogen (secondary N) is 3. The van der Waals surface area contributed by atoms with Gasteiger partial charge in [0.2, 0.25) is 5.91 Å². The fourth-order valence-corrected chi connectivity index (χ4v) is 2.42. The third-order valence-corrected chi connectivity index (χ3v) is 3.97. The molecule has 2 aromatic rings. The first-order valence-corrected chi connectivity index (χ1v) is 8.68. The van der Waals surface area contributed by atoms with Crippen molar-refractivity contribution in [2.75, 3.05) is 17.2 Å². The molecule has 2 aromatic carbocycles. The van der Waals surface area contributed by atoms with E-state index in [1.165, 1.54) is 0 Å². The maximum absolute atomic E-state index is 12.1. The average Bonchev–Trinajstić information content (AvgIpc) is 2.56. The van der Waals surface area contributed by atoms with Gasteiger partial charge in [0.25, 0.3) is 5.91 Å². The Labute approximate surface area is 155 Å². The molecule has 0 bridgehead atoms. The Balaban J connectivity index is 1.90. The second-order valence-electron chi connectivity index (χ2n) is 7.43. The van der Waals surface area contributed by atoms with Crippen molar-refractivity contribution in [2.24, 2.45) is 0 Å². The van der Waals surface area contributed by atoms with E-state index in [4.69, 9.17) is 0 Å². The molecule has 5 heteroatoms. The van der Waals surface area contributed by atoms with Gasteiger partial charge in [0.1, 0.15) is 0 Å². The van der Waals surface area contributed by atoms with Crippen LogP contribution in [0.2, 0.25) is 0 Å². The smallest absolute Gasteiger partial charge is 0.251 e. The molecule has 0 saturated carbocycles. The zero-order chi connectivity index (χ0) is 19.3. The highest BCUT2D eigenvalue weighted by Crippen LogP contribution is 2.18. The summed E-state index contributed by atoms with van der Waals surface area (Å²) in [4.78, 5) is 24.2. The molecule has 138 valence electrons. The number of hydrogen-bond donors (Lipinski definition) is 3. The van der Waals surface area contributed by atoms with E-state index < -0.39 is 0 Å². The number of rotatable bonds is 5. The lowest BCUT2D eigenvalue weighted by molar-refractivity contribution is -0.114. The fourth-order valence-electron chi connectivity index (χ4n) is 2.42. The Morgan fingerprint density at radius 3 is 2.23 bits per heavy atom. The highest BCUT2D eigenvalue weighted by molar-refractivity contribution is 5.96. The second-order valence-corrected chi connectivity index (χ2v) is 7.43. The number of anilines is 2. The zero-order valence-electron chi connectivity index (χ0n) is 16.1. The van der Waals surface area contributed by atoms with Gasteiger partial charge in [-0.05, 0) is 76.1 Å². The van der Waals surface area contributed by atoms with Gasteiger partial charge < -0.3 is 16.0 Å². The molecule has 0 heterocycles. The van der Waals surface area contributed by atoms with Crippen LogP contribution in [0.3, 0.4) is 0 Å². The third kappa shape index (κ3) is 5.62. The van der Waals surface area contributed by atoms with Gasteiger partial charge in [-0.3, -0.25) is 9.59 Å². The summed E-state index contributed by atoms with van der Waals surface area (Å²) in [5, 5.41) is 8.90. The van der Waals surface area contributed by atoms with Crippen LogP contribution in [0.4, 0.5) is 11.4 Å². The molecule has 0 aliphatic heterocycles. The Hall–Kier alpha value is -2.82. The average molecular weight is 353 g/mol. The lowest BCUT2D eigenvalue weighted by atomic mass is 10.1. The van der Waals surface area contributed by atoms with E-state index in [1.54, 1.807) is 24.3 Å². The van der Waals surface area contributed by atoms with Crippen molar-refractivity contribution in [2.45, 2.75) is 40.2 Å². The lowest BCUT2D eigenvalue weighted by Crippen LogP contribution is -2.40. The Morgan fingerprint density at radius 2 is 1.62 bits per heavy atom. The van der Waals surface area contributed by atoms with Crippen LogP contribution >= 0.6 is 0 Å². The normalized spacial score (nSPS) is 11.0. The van der Waals surface area contributed by atoms with Crippen LogP contribution in [0.25, 0.3) is 0 Å². The van der Waals surface area contributed by atoms with E-state index in [0.29, 0.717) is 5.56 Å². The predicted octanol–water partition coefficient (Wildman–Crippen LogP) is 3.88. The Bertz CT molecular complexity index is 790. The first-order valence-electron chi connectivity index (χ1n) is 8.68. The van der Waals surface area contributed by atoms with Gasteiger partial charge in [0.15, 0.2) is 0 Å². The standard InChI is InChI=1S/C21H27N3O2/c1-14-7-6-8-18(15(14)2)23-19(25)13-22-17-11-9-16(10-12-17)20(26)24-21(3,4)5/h6-12,22H,13H2,1-5H3,(H,23,25)(H,24,26). The first kappa shape index (κ1) is 19.5. The highest BCUT2D eigenvalue weighted by atomic mass is 16.2. The maximum atomic E-state index is 12.1. The van der Waals surface area contributed by atoms with Crippen LogP contribution in [-0.4, -0.2) is 23.9 Å². The minimum absolute atomic E-state index is 0.114. The molecule has 0 atom stereocenters. The van der Waals surface area contributed by atoms with Crippen LogP contribution in [0, 0.1) is 13.8 Å². The zero-order valence-corrected chi connectivity index (χ0v) is 16.1. The van der Waals surface area contributed by atoms with Gasteiger partial charge >= 0.3 is 0 Å². The third-order valence-electron chi connectivity index (χ3n) is 3.97. The fraction of sp³-hybridized carbons (Fsp3) is 0.333. The SMILES string of the molecule is Cc1cccc(NC(=O)CNc2ccc(C(=O)NC(C)(C)C)cc2)c1C. The molecular weight excluding hydrogens is 326 g/mol. The molecule has 0 spiro atoms. The molecule has 0 fully saturated rings. The molecule has 0 saturated heterocycles. The molecule has 3 N–H and O–H groups in total. The van der Waals surface area contributed by atoms with Gasteiger partial charge in [-0.2, -0.15) is 0 Å². The number of hydrogen-bond acceptors (Lipinski definition) is 3. The van der Waals surface area contributed by atoms with Crippen LogP contribution in [0.5, 0.6) is 0 Å². The van der Waals surface area contributed by atoms with E-state index in [1.807, 2.05) is 52.8 Å². The summed E-state index contributed by atoms with van der Waals surface area (Å²) in [5.41, 5.74) is 4.12.